The first-order valence-corrected chi connectivity index (χ1v) is 4.70. The van der Waals surface area contributed by atoms with Crippen molar-refractivity contribution in [3.8, 4) is 0 Å². The van der Waals surface area contributed by atoms with Crippen molar-refractivity contribution in [2.45, 2.75) is 13.0 Å². The van der Waals surface area contributed by atoms with Crippen LogP contribution in [0, 0.1) is 0 Å². The predicted molar refractivity (Wildman–Crippen MR) is 52.6 cm³/mol. The first-order chi connectivity index (χ1) is 6.50. The minimum atomic E-state index is -0.717. The van der Waals surface area contributed by atoms with E-state index in [1.165, 1.54) is 12.3 Å². The molecule has 0 bridgehead atoms. The van der Waals surface area contributed by atoms with Gasteiger partial charge >= 0.3 is 0 Å². The molecule has 0 aliphatic carbocycles. The van der Waals surface area contributed by atoms with Crippen LogP contribution in [-0.4, -0.2) is 22.8 Å². The van der Waals surface area contributed by atoms with Crippen molar-refractivity contribution in [1.29, 1.82) is 0 Å². The summed E-state index contributed by atoms with van der Waals surface area (Å²) in [5.41, 5.74) is 10.5. The van der Waals surface area contributed by atoms with E-state index in [4.69, 9.17) is 11.5 Å². The third-order valence-electron chi connectivity index (χ3n) is 1.53. The van der Waals surface area contributed by atoms with Gasteiger partial charge in [0.15, 0.2) is 5.13 Å². The Morgan fingerprint density at radius 3 is 2.71 bits per heavy atom. The second-order valence-electron chi connectivity index (χ2n) is 2.67. The Morgan fingerprint density at radius 1 is 1.64 bits per heavy atom. The maximum atomic E-state index is 11.3. The third-order valence-corrected chi connectivity index (χ3v) is 2.20. The number of thiazole rings is 1. The number of nitrogens with two attached hydrogens (primary N) is 2. The van der Waals surface area contributed by atoms with Gasteiger partial charge in [-0.25, -0.2) is 4.98 Å². The highest BCUT2D eigenvalue weighted by molar-refractivity contribution is 7.13. The van der Waals surface area contributed by atoms with Gasteiger partial charge in [-0.3, -0.25) is 9.59 Å². The topological polar surface area (TPSA) is 111 Å². The number of carbonyl (C=O) groups excluding carboxylic acids is 2. The number of nitrogen functional groups attached to an aromatic ring is 1. The minimum Gasteiger partial charge on any atom is -0.375 e. The predicted octanol–water partition coefficient (Wildman–Crippen LogP) is -0.671. The number of hydrogen-bond acceptors (Lipinski definition) is 5. The normalized spacial score (nSPS) is 12.1. The van der Waals surface area contributed by atoms with E-state index in [0.29, 0.717) is 5.13 Å². The minimum absolute atomic E-state index is 0.195. The van der Waals surface area contributed by atoms with Gasteiger partial charge < -0.3 is 16.8 Å². The van der Waals surface area contributed by atoms with Crippen LogP contribution in [0.2, 0.25) is 0 Å². The Kier molecular flexibility index (Phi) is 3.03. The Morgan fingerprint density at radius 2 is 2.29 bits per heavy atom. The van der Waals surface area contributed by atoms with Gasteiger partial charge in [0, 0.05) is 5.38 Å². The number of rotatable bonds is 3. The fourth-order valence-corrected chi connectivity index (χ4v) is 1.28. The highest BCUT2D eigenvalue weighted by atomic mass is 32.1. The summed E-state index contributed by atoms with van der Waals surface area (Å²) in [5, 5.41) is 4.20. The molecule has 0 spiro atoms. The van der Waals surface area contributed by atoms with Crippen LogP contribution in [0.15, 0.2) is 5.38 Å². The monoisotopic (exact) mass is 214 g/mol. The molecule has 76 valence electrons. The average Bonchev–Trinajstić information content (AvgIpc) is 2.51. The fraction of sp³-hybridized carbons (Fsp3) is 0.286. The van der Waals surface area contributed by atoms with Gasteiger partial charge in [-0.2, -0.15) is 0 Å². The van der Waals surface area contributed by atoms with E-state index in [2.05, 4.69) is 10.3 Å². The zero-order valence-corrected chi connectivity index (χ0v) is 8.30. The lowest BCUT2D eigenvalue weighted by Gasteiger charge is -2.07. The first kappa shape index (κ1) is 10.5. The summed E-state index contributed by atoms with van der Waals surface area (Å²) in [5.74, 6) is -1.05. The molecule has 6 nitrogen and oxygen atoms in total. The molecule has 0 aliphatic rings. The number of carbonyl (C=O) groups is 2. The molecule has 5 N–H and O–H groups in total. The maximum Gasteiger partial charge on any atom is 0.271 e. The molecule has 2 amide bonds. The molecule has 0 saturated heterocycles. The van der Waals surface area contributed by atoms with Crippen LogP contribution in [0.3, 0.4) is 0 Å². The number of amides is 2. The number of aromatic nitrogens is 1. The molecule has 1 rings (SSSR count). The van der Waals surface area contributed by atoms with Crippen LogP contribution >= 0.6 is 11.3 Å². The highest BCUT2D eigenvalue weighted by Gasteiger charge is 2.15. The van der Waals surface area contributed by atoms with Crippen molar-refractivity contribution in [3.05, 3.63) is 11.1 Å². The summed E-state index contributed by atoms with van der Waals surface area (Å²) in [6, 6.07) is -0.717. The molecular weight excluding hydrogens is 204 g/mol. The van der Waals surface area contributed by atoms with Gasteiger partial charge in [0.05, 0.1) is 0 Å². The highest BCUT2D eigenvalue weighted by Crippen LogP contribution is 2.10. The lowest BCUT2D eigenvalue weighted by Crippen LogP contribution is -2.42. The van der Waals surface area contributed by atoms with Gasteiger partial charge in [0.2, 0.25) is 5.91 Å². The summed E-state index contributed by atoms with van der Waals surface area (Å²) in [4.78, 5) is 25.7. The molecule has 1 atom stereocenters. The van der Waals surface area contributed by atoms with E-state index in [9.17, 15) is 9.59 Å². The van der Waals surface area contributed by atoms with Gasteiger partial charge in [-0.1, -0.05) is 0 Å². The average molecular weight is 214 g/mol. The summed E-state index contributed by atoms with van der Waals surface area (Å²) in [6.07, 6.45) is 0. The molecule has 0 radical (unpaired) electrons. The zero-order chi connectivity index (χ0) is 10.7. The Labute approximate surface area is 84.3 Å². The molecule has 14 heavy (non-hydrogen) atoms. The number of hydrogen-bond donors (Lipinski definition) is 3. The number of primary amides is 1. The molecule has 0 aromatic carbocycles. The molecule has 1 aromatic rings. The van der Waals surface area contributed by atoms with Crippen molar-refractivity contribution in [2.24, 2.45) is 5.73 Å². The lowest BCUT2D eigenvalue weighted by molar-refractivity contribution is -0.119. The summed E-state index contributed by atoms with van der Waals surface area (Å²) >= 11 is 1.16. The Hall–Kier alpha value is -1.63. The van der Waals surface area contributed by atoms with E-state index in [1.54, 1.807) is 0 Å². The van der Waals surface area contributed by atoms with Crippen LogP contribution in [-0.2, 0) is 4.79 Å². The van der Waals surface area contributed by atoms with Crippen molar-refractivity contribution >= 4 is 28.3 Å². The SMILES string of the molecule is C[C@H](NC(=O)c1csc(N)n1)C(N)=O. The number of nitrogens with one attached hydrogen (secondary N) is 1. The molecule has 0 aliphatic heterocycles. The summed E-state index contributed by atoms with van der Waals surface area (Å²) in [7, 11) is 0. The van der Waals surface area contributed by atoms with Crippen LogP contribution in [0.5, 0.6) is 0 Å². The molecule has 0 saturated carbocycles. The zero-order valence-electron chi connectivity index (χ0n) is 7.48. The second kappa shape index (κ2) is 4.05. The standard InChI is InChI=1S/C7H10N4O2S/c1-3(5(8)12)10-6(13)4-2-14-7(9)11-4/h2-3H,1H3,(H2,8,12)(H2,9,11)(H,10,13)/t3-/m0/s1. The summed E-state index contributed by atoms with van der Waals surface area (Å²) in [6.45, 7) is 1.50. The van der Waals surface area contributed by atoms with Crippen LogP contribution in [0.25, 0.3) is 0 Å². The second-order valence-corrected chi connectivity index (χ2v) is 3.56. The van der Waals surface area contributed by atoms with Crippen molar-refractivity contribution in [2.75, 3.05) is 5.73 Å². The fourth-order valence-electron chi connectivity index (χ4n) is 0.734. The number of anilines is 1. The van der Waals surface area contributed by atoms with E-state index in [1.807, 2.05) is 0 Å². The van der Waals surface area contributed by atoms with Crippen molar-refractivity contribution < 1.29 is 9.59 Å². The van der Waals surface area contributed by atoms with Crippen LogP contribution in [0.1, 0.15) is 17.4 Å². The third kappa shape index (κ3) is 2.43. The van der Waals surface area contributed by atoms with Gasteiger partial charge in [-0.05, 0) is 6.92 Å². The van der Waals surface area contributed by atoms with Crippen LogP contribution < -0.4 is 16.8 Å². The van der Waals surface area contributed by atoms with E-state index >= 15 is 0 Å². The Bertz CT molecular complexity index is 362. The van der Waals surface area contributed by atoms with Gasteiger partial charge in [0.1, 0.15) is 11.7 Å². The summed E-state index contributed by atoms with van der Waals surface area (Å²) < 4.78 is 0. The van der Waals surface area contributed by atoms with Crippen molar-refractivity contribution in [1.82, 2.24) is 10.3 Å². The van der Waals surface area contributed by atoms with Gasteiger partial charge in [0.25, 0.3) is 5.91 Å². The van der Waals surface area contributed by atoms with Crippen LogP contribution in [0.4, 0.5) is 5.13 Å². The largest absolute Gasteiger partial charge is 0.375 e. The first-order valence-electron chi connectivity index (χ1n) is 3.82. The maximum absolute atomic E-state index is 11.3. The molecule has 0 fully saturated rings. The molecule has 0 unspecified atom stereocenters. The molecule has 1 heterocycles. The Balaban J connectivity index is 2.63. The molecule has 7 heteroatoms. The lowest BCUT2D eigenvalue weighted by atomic mass is 10.3. The van der Waals surface area contributed by atoms with Crippen molar-refractivity contribution in [3.63, 3.8) is 0 Å². The molecular formula is C7H10N4O2S. The van der Waals surface area contributed by atoms with Gasteiger partial charge in [-0.15, -0.1) is 11.3 Å². The smallest absolute Gasteiger partial charge is 0.271 e. The quantitative estimate of drug-likeness (QED) is 0.619. The van der Waals surface area contributed by atoms with E-state index in [-0.39, 0.29) is 5.69 Å². The van der Waals surface area contributed by atoms with E-state index < -0.39 is 17.9 Å². The molecule has 1 aromatic heterocycles. The van der Waals surface area contributed by atoms with E-state index in [0.717, 1.165) is 11.3 Å². The number of nitrogens with zero attached hydrogens (tertiary/aromatic N) is 1.